The molecular formula is C28H38O9. The molecule has 9 nitrogen and oxygen atoms in total. The average molecular weight is 519 g/mol. The van der Waals surface area contributed by atoms with Crippen LogP contribution in [0.5, 0.6) is 0 Å². The molecule has 0 heterocycles. The number of methoxy groups -OCH3 is 1. The average Bonchev–Trinajstić information content (AvgIpc) is 3.07. The summed E-state index contributed by atoms with van der Waals surface area (Å²) in [7, 11) is 1.15. The normalized spacial score (nSPS) is 40.0. The van der Waals surface area contributed by atoms with Crippen LogP contribution in [0, 0.1) is 34.5 Å². The molecule has 0 aromatic carbocycles. The van der Waals surface area contributed by atoms with Crippen molar-refractivity contribution in [3.63, 3.8) is 0 Å². The third kappa shape index (κ3) is 4.19. The second-order valence-corrected chi connectivity index (χ2v) is 11.5. The van der Waals surface area contributed by atoms with Gasteiger partial charge in [0.25, 0.3) is 0 Å². The minimum absolute atomic E-state index is 0.0302. The van der Waals surface area contributed by atoms with Gasteiger partial charge in [-0.3, -0.25) is 9.59 Å². The Morgan fingerprint density at radius 2 is 1.89 bits per heavy atom. The van der Waals surface area contributed by atoms with Crippen molar-refractivity contribution < 1.29 is 43.2 Å². The van der Waals surface area contributed by atoms with E-state index in [0.717, 1.165) is 19.1 Å². The van der Waals surface area contributed by atoms with Crippen molar-refractivity contribution in [1.29, 1.82) is 0 Å². The van der Waals surface area contributed by atoms with Crippen LogP contribution in [0.3, 0.4) is 0 Å². The fourth-order valence-corrected chi connectivity index (χ4v) is 8.15. The van der Waals surface area contributed by atoms with Crippen molar-refractivity contribution in [3.8, 4) is 0 Å². The zero-order valence-corrected chi connectivity index (χ0v) is 22.3. The SMILES string of the molecule is CCCOC(=O)O[C@]1(C(=O)COC(=O)OC)[C@H](C)C[C@H]2[C@@H]3CCC4=CC(=O)C=C[C@]4(C)[C@H]3C(O)C[C@@]21C. The number of ketones is 2. The quantitative estimate of drug-likeness (QED) is 0.516. The van der Waals surface area contributed by atoms with E-state index in [-0.39, 0.29) is 36.6 Å². The summed E-state index contributed by atoms with van der Waals surface area (Å²) >= 11 is 0. The molecule has 204 valence electrons. The van der Waals surface area contributed by atoms with E-state index in [1.165, 1.54) is 0 Å². The van der Waals surface area contributed by atoms with Crippen LogP contribution in [-0.2, 0) is 28.5 Å². The monoisotopic (exact) mass is 518 g/mol. The molecule has 3 saturated carbocycles. The van der Waals surface area contributed by atoms with Crippen LogP contribution in [0.2, 0.25) is 0 Å². The van der Waals surface area contributed by atoms with Gasteiger partial charge in [0.2, 0.25) is 5.78 Å². The van der Waals surface area contributed by atoms with Gasteiger partial charge in [0, 0.05) is 22.7 Å². The number of hydrogen-bond acceptors (Lipinski definition) is 9. The van der Waals surface area contributed by atoms with Crippen LogP contribution >= 0.6 is 0 Å². The van der Waals surface area contributed by atoms with E-state index in [4.69, 9.17) is 14.2 Å². The predicted octanol–water partition coefficient (Wildman–Crippen LogP) is 4.17. The Kier molecular flexibility index (Phi) is 7.31. The molecule has 0 aromatic rings. The van der Waals surface area contributed by atoms with Gasteiger partial charge in [0.05, 0.1) is 19.8 Å². The molecule has 1 N–H and O–H groups in total. The number of carbonyl (C=O) groups excluding carboxylic acids is 4. The summed E-state index contributed by atoms with van der Waals surface area (Å²) in [5.74, 6) is -1.18. The van der Waals surface area contributed by atoms with Crippen LogP contribution in [-0.4, -0.2) is 61.0 Å². The van der Waals surface area contributed by atoms with Crippen LogP contribution in [0.1, 0.15) is 59.8 Å². The second-order valence-electron chi connectivity index (χ2n) is 11.5. The van der Waals surface area contributed by atoms with Crippen LogP contribution in [0.25, 0.3) is 0 Å². The lowest BCUT2D eigenvalue weighted by atomic mass is 9.46. The zero-order valence-electron chi connectivity index (χ0n) is 22.3. The molecule has 3 fully saturated rings. The molecule has 0 spiro atoms. The number of allylic oxidation sites excluding steroid dienone is 4. The highest BCUT2D eigenvalue weighted by atomic mass is 16.7. The number of fused-ring (bicyclic) bond motifs is 5. The van der Waals surface area contributed by atoms with Gasteiger partial charge in [-0.15, -0.1) is 0 Å². The lowest BCUT2D eigenvalue weighted by Crippen LogP contribution is -2.64. The fourth-order valence-electron chi connectivity index (χ4n) is 8.15. The lowest BCUT2D eigenvalue weighted by Gasteiger charge is -2.59. The Hall–Kier alpha value is -2.68. The van der Waals surface area contributed by atoms with E-state index in [0.29, 0.717) is 19.3 Å². The summed E-state index contributed by atoms with van der Waals surface area (Å²) < 4.78 is 20.7. The molecule has 4 aliphatic rings. The van der Waals surface area contributed by atoms with Gasteiger partial charge in [-0.05, 0) is 56.1 Å². The molecule has 1 unspecified atom stereocenters. The Morgan fingerprint density at radius 1 is 1.16 bits per heavy atom. The van der Waals surface area contributed by atoms with Crippen LogP contribution in [0.4, 0.5) is 9.59 Å². The Morgan fingerprint density at radius 3 is 2.57 bits per heavy atom. The zero-order chi connectivity index (χ0) is 27.2. The molecule has 4 aliphatic carbocycles. The minimum Gasteiger partial charge on any atom is -0.438 e. The Balaban J connectivity index is 1.74. The summed E-state index contributed by atoms with van der Waals surface area (Å²) in [6.07, 6.45) is 5.27. The maximum Gasteiger partial charge on any atom is 0.509 e. The first kappa shape index (κ1) is 27.4. The van der Waals surface area contributed by atoms with Gasteiger partial charge < -0.3 is 24.1 Å². The molecule has 0 aliphatic heterocycles. The van der Waals surface area contributed by atoms with Crippen molar-refractivity contribution in [2.24, 2.45) is 34.5 Å². The second kappa shape index (κ2) is 9.89. The number of hydrogen-bond donors (Lipinski definition) is 1. The van der Waals surface area contributed by atoms with Gasteiger partial charge in [0.15, 0.2) is 18.0 Å². The summed E-state index contributed by atoms with van der Waals surface area (Å²) in [4.78, 5) is 50.4. The van der Waals surface area contributed by atoms with E-state index >= 15 is 0 Å². The van der Waals surface area contributed by atoms with E-state index in [9.17, 15) is 24.3 Å². The molecule has 0 radical (unpaired) electrons. The molecule has 8 atom stereocenters. The summed E-state index contributed by atoms with van der Waals surface area (Å²) in [5.41, 5.74) is -2.02. The lowest BCUT2D eigenvalue weighted by molar-refractivity contribution is -0.189. The van der Waals surface area contributed by atoms with Gasteiger partial charge >= 0.3 is 12.3 Å². The maximum absolute atomic E-state index is 13.9. The summed E-state index contributed by atoms with van der Waals surface area (Å²) in [5, 5.41) is 11.7. The summed E-state index contributed by atoms with van der Waals surface area (Å²) in [6, 6.07) is 0. The smallest absolute Gasteiger partial charge is 0.438 e. The standard InChI is InChI=1S/C28H38O9/c1-6-11-35-25(33)37-28(22(31)15-36-24(32)34-5)16(2)12-20-19-8-7-17-13-18(29)9-10-26(17,3)23(19)21(30)14-27(20,28)4/h9-10,13,16,19-21,23,30H,6-8,11-12,14-15H2,1-5H3/t16-,19+,20+,21?,23-,26+,27+,28+/m1/s1. The van der Waals surface area contributed by atoms with Crippen molar-refractivity contribution in [2.75, 3.05) is 20.3 Å². The highest BCUT2D eigenvalue weighted by Gasteiger charge is 2.73. The first-order valence-corrected chi connectivity index (χ1v) is 13.2. The number of aliphatic hydroxyl groups excluding tert-OH is 1. The first-order valence-electron chi connectivity index (χ1n) is 13.2. The number of aliphatic hydroxyl groups is 1. The van der Waals surface area contributed by atoms with Crippen molar-refractivity contribution in [3.05, 3.63) is 23.8 Å². The van der Waals surface area contributed by atoms with Crippen LogP contribution in [0.15, 0.2) is 23.8 Å². The molecule has 0 amide bonds. The topological polar surface area (TPSA) is 125 Å². The van der Waals surface area contributed by atoms with Crippen molar-refractivity contribution >= 4 is 23.9 Å². The molecule has 37 heavy (non-hydrogen) atoms. The maximum atomic E-state index is 13.9. The number of Topliss-reactive ketones (excluding diaryl/α,β-unsaturated/α-hetero) is 1. The Bertz CT molecular complexity index is 1030. The molecule has 0 bridgehead atoms. The highest BCUT2D eigenvalue weighted by molar-refractivity contribution is 6.01. The number of carbonyl (C=O) groups is 4. The molecule has 0 saturated heterocycles. The van der Waals surface area contributed by atoms with Gasteiger partial charge in [-0.2, -0.15) is 0 Å². The molecule has 4 rings (SSSR count). The fraction of sp³-hybridized carbons (Fsp3) is 0.714. The van der Waals surface area contributed by atoms with Gasteiger partial charge in [-0.1, -0.05) is 39.3 Å². The molecule has 0 aromatic heterocycles. The Labute approximate surface area is 217 Å². The first-order chi connectivity index (χ1) is 17.4. The number of rotatable bonds is 6. The van der Waals surface area contributed by atoms with Gasteiger partial charge in [0.1, 0.15) is 0 Å². The predicted molar refractivity (Wildman–Crippen MR) is 131 cm³/mol. The van der Waals surface area contributed by atoms with E-state index in [1.54, 1.807) is 12.2 Å². The van der Waals surface area contributed by atoms with Crippen molar-refractivity contribution in [2.45, 2.75) is 71.5 Å². The van der Waals surface area contributed by atoms with Gasteiger partial charge in [-0.25, -0.2) is 9.59 Å². The summed E-state index contributed by atoms with van der Waals surface area (Å²) in [6.45, 7) is 7.21. The largest absolute Gasteiger partial charge is 0.509 e. The number of ether oxygens (including phenoxy) is 4. The van der Waals surface area contributed by atoms with Crippen LogP contribution < -0.4 is 0 Å². The third-order valence-electron chi connectivity index (χ3n) is 9.61. The van der Waals surface area contributed by atoms with E-state index in [1.807, 2.05) is 26.8 Å². The van der Waals surface area contributed by atoms with E-state index < -0.39 is 53.2 Å². The molecular weight excluding hydrogens is 480 g/mol. The molecule has 9 heteroatoms. The van der Waals surface area contributed by atoms with E-state index in [2.05, 4.69) is 11.7 Å². The minimum atomic E-state index is -1.65. The highest BCUT2D eigenvalue weighted by Crippen LogP contribution is 2.69. The third-order valence-corrected chi connectivity index (χ3v) is 9.61. The van der Waals surface area contributed by atoms with Crippen molar-refractivity contribution in [1.82, 2.24) is 0 Å².